The molecule has 1 atom stereocenters. The number of carbonyl (C=O) groups excluding carboxylic acids is 2. The summed E-state index contributed by atoms with van der Waals surface area (Å²) in [5.74, 6) is 0.413. The molecule has 0 radical (unpaired) electrons. The summed E-state index contributed by atoms with van der Waals surface area (Å²) in [5, 5.41) is 2.77. The quantitative estimate of drug-likeness (QED) is 0.657. The van der Waals surface area contributed by atoms with Gasteiger partial charge < -0.3 is 19.7 Å². The van der Waals surface area contributed by atoms with Gasteiger partial charge in [0.25, 0.3) is 0 Å². The van der Waals surface area contributed by atoms with Gasteiger partial charge in [0.05, 0.1) is 10.8 Å². The van der Waals surface area contributed by atoms with E-state index in [1.54, 1.807) is 23.1 Å². The van der Waals surface area contributed by atoms with E-state index in [-0.39, 0.29) is 42.4 Å². The van der Waals surface area contributed by atoms with E-state index in [0.717, 1.165) is 0 Å². The molecule has 2 N–H and O–H groups in total. The number of carbonyl (C=O) groups is 2. The van der Waals surface area contributed by atoms with Gasteiger partial charge in [-0.05, 0) is 42.3 Å². The Labute approximate surface area is 186 Å². The predicted molar refractivity (Wildman–Crippen MR) is 118 cm³/mol. The molecule has 10 heteroatoms. The molecule has 1 fully saturated rings. The van der Waals surface area contributed by atoms with Gasteiger partial charge in [-0.2, -0.15) is 0 Å². The van der Waals surface area contributed by atoms with Crippen LogP contribution in [0.1, 0.15) is 20.3 Å². The summed E-state index contributed by atoms with van der Waals surface area (Å²) in [4.78, 5) is 26.9. The first-order valence-electron chi connectivity index (χ1n) is 10.3. The van der Waals surface area contributed by atoms with Crippen LogP contribution in [-0.4, -0.2) is 40.1 Å². The van der Waals surface area contributed by atoms with Gasteiger partial charge in [0.15, 0.2) is 11.5 Å². The third-order valence-electron chi connectivity index (χ3n) is 5.28. The number of sulfonamides is 1. The van der Waals surface area contributed by atoms with Gasteiger partial charge in [-0.25, -0.2) is 13.1 Å². The lowest BCUT2D eigenvalue weighted by molar-refractivity contribution is -0.122. The Bertz CT molecular complexity index is 1130. The molecular formula is C22H25N3O6S. The highest BCUT2D eigenvalue weighted by Gasteiger charge is 2.35. The number of amides is 2. The average molecular weight is 460 g/mol. The molecule has 0 aliphatic carbocycles. The summed E-state index contributed by atoms with van der Waals surface area (Å²) < 4.78 is 37.8. The number of nitrogens with one attached hydrogen (secondary N) is 2. The largest absolute Gasteiger partial charge is 0.454 e. The van der Waals surface area contributed by atoms with Crippen LogP contribution in [0.4, 0.5) is 11.4 Å². The molecular weight excluding hydrogens is 434 g/mol. The molecule has 2 aliphatic rings. The molecule has 1 saturated heterocycles. The molecule has 2 aromatic carbocycles. The number of rotatable bonds is 7. The summed E-state index contributed by atoms with van der Waals surface area (Å²) in [6.45, 7) is 4.57. The van der Waals surface area contributed by atoms with E-state index in [0.29, 0.717) is 29.4 Å². The Morgan fingerprint density at radius 3 is 2.56 bits per heavy atom. The second-order valence-corrected chi connectivity index (χ2v) is 9.97. The third kappa shape index (κ3) is 4.71. The van der Waals surface area contributed by atoms with Gasteiger partial charge in [-0.3, -0.25) is 9.59 Å². The van der Waals surface area contributed by atoms with Crippen molar-refractivity contribution in [3.63, 3.8) is 0 Å². The average Bonchev–Trinajstić information content (AvgIpc) is 3.38. The molecule has 0 spiro atoms. The first-order valence-corrected chi connectivity index (χ1v) is 11.8. The van der Waals surface area contributed by atoms with E-state index >= 15 is 0 Å². The fourth-order valence-electron chi connectivity index (χ4n) is 3.51. The zero-order valence-corrected chi connectivity index (χ0v) is 18.6. The van der Waals surface area contributed by atoms with Crippen molar-refractivity contribution in [1.82, 2.24) is 4.72 Å². The monoisotopic (exact) mass is 459 g/mol. The summed E-state index contributed by atoms with van der Waals surface area (Å²) in [7, 11) is -3.60. The van der Waals surface area contributed by atoms with Crippen molar-refractivity contribution in [2.45, 2.75) is 25.2 Å². The van der Waals surface area contributed by atoms with Gasteiger partial charge >= 0.3 is 0 Å². The first kappa shape index (κ1) is 22.1. The maximum absolute atomic E-state index is 12.7. The Morgan fingerprint density at radius 1 is 1.12 bits per heavy atom. The number of nitrogens with zero attached hydrogens (tertiary/aromatic N) is 1. The van der Waals surface area contributed by atoms with Crippen LogP contribution in [0.2, 0.25) is 0 Å². The van der Waals surface area contributed by atoms with Crippen molar-refractivity contribution in [3.05, 3.63) is 42.5 Å². The van der Waals surface area contributed by atoms with E-state index in [1.165, 1.54) is 24.3 Å². The third-order valence-corrected chi connectivity index (χ3v) is 6.72. The smallest absolute Gasteiger partial charge is 0.240 e. The summed E-state index contributed by atoms with van der Waals surface area (Å²) in [5.41, 5.74) is 1.12. The van der Waals surface area contributed by atoms with Crippen LogP contribution in [0.5, 0.6) is 11.5 Å². The zero-order valence-electron chi connectivity index (χ0n) is 17.8. The highest BCUT2D eigenvalue weighted by molar-refractivity contribution is 7.89. The first-order chi connectivity index (χ1) is 15.2. The Kier molecular flexibility index (Phi) is 6.07. The maximum atomic E-state index is 12.7. The van der Waals surface area contributed by atoms with Crippen LogP contribution < -0.4 is 24.4 Å². The fraction of sp³-hybridized carbons (Fsp3) is 0.364. The van der Waals surface area contributed by atoms with Crippen molar-refractivity contribution in [2.75, 3.05) is 30.1 Å². The summed E-state index contributed by atoms with van der Waals surface area (Å²) in [6, 6.07) is 11.2. The van der Waals surface area contributed by atoms with Crippen molar-refractivity contribution in [1.29, 1.82) is 0 Å². The van der Waals surface area contributed by atoms with Crippen LogP contribution in [0.3, 0.4) is 0 Å². The van der Waals surface area contributed by atoms with Gasteiger partial charge in [0, 0.05) is 37.0 Å². The Balaban J connectivity index is 1.38. The van der Waals surface area contributed by atoms with Crippen molar-refractivity contribution in [3.8, 4) is 11.5 Å². The molecule has 32 heavy (non-hydrogen) atoms. The minimum Gasteiger partial charge on any atom is -0.454 e. The standard InChI is InChI=1S/C22H25N3O6S/c1-14(2)11-23-32(28,29)18-6-3-16(4-7-18)24-22(27)15-9-21(26)25(12-15)17-5-8-19-20(10-17)31-13-30-19/h3-8,10,14-15,23H,9,11-13H2,1-2H3,(H,24,27). The molecule has 0 saturated carbocycles. The van der Waals surface area contributed by atoms with Crippen LogP contribution in [0, 0.1) is 11.8 Å². The Hall–Kier alpha value is -3.11. The molecule has 1 unspecified atom stereocenters. The second-order valence-electron chi connectivity index (χ2n) is 8.20. The van der Waals surface area contributed by atoms with Gasteiger partial charge in [0.2, 0.25) is 28.6 Å². The molecule has 0 bridgehead atoms. The van der Waals surface area contributed by atoms with Crippen LogP contribution in [0.15, 0.2) is 47.4 Å². The minimum absolute atomic E-state index is 0.0891. The highest BCUT2D eigenvalue weighted by Crippen LogP contribution is 2.37. The van der Waals surface area contributed by atoms with E-state index in [9.17, 15) is 18.0 Å². The molecule has 2 heterocycles. The predicted octanol–water partition coefficient (Wildman–Crippen LogP) is 2.34. The number of anilines is 2. The van der Waals surface area contributed by atoms with Crippen LogP contribution in [0.25, 0.3) is 0 Å². The molecule has 4 rings (SSSR count). The molecule has 2 aliphatic heterocycles. The van der Waals surface area contributed by atoms with Crippen LogP contribution >= 0.6 is 0 Å². The van der Waals surface area contributed by atoms with E-state index in [4.69, 9.17) is 9.47 Å². The number of hydrogen-bond acceptors (Lipinski definition) is 6. The number of ether oxygens (including phenoxy) is 2. The van der Waals surface area contributed by atoms with E-state index in [2.05, 4.69) is 10.0 Å². The number of hydrogen-bond donors (Lipinski definition) is 2. The molecule has 2 aromatic rings. The lowest BCUT2D eigenvalue weighted by Crippen LogP contribution is -2.28. The second kappa shape index (κ2) is 8.79. The lowest BCUT2D eigenvalue weighted by atomic mass is 10.1. The SMILES string of the molecule is CC(C)CNS(=O)(=O)c1ccc(NC(=O)C2CC(=O)N(c3ccc4c(c3)OCO4)C2)cc1. The number of fused-ring (bicyclic) bond motifs is 1. The highest BCUT2D eigenvalue weighted by atomic mass is 32.2. The van der Waals surface area contributed by atoms with E-state index < -0.39 is 15.9 Å². The van der Waals surface area contributed by atoms with Gasteiger partial charge in [-0.1, -0.05) is 13.8 Å². The maximum Gasteiger partial charge on any atom is 0.240 e. The summed E-state index contributed by atoms with van der Waals surface area (Å²) in [6.07, 6.45) is 0.0891. The zero-order chi connectivity index (χ0) is 22.9. The van der Waals surface area contributed by atoms with Gasteiger partial charge in [0.1, 0.15) is 0 Å². The topological polar surface area (TPSA) is 114 Å². The normalized spacial score (nSPS) is 17.8. The lowest BCUT2D eigenvalue weighted by Gasteiger charge is -2.17. The molecule has 2 amide bonds. The summed E-state index contributed by atoms with van der Waals surface area (Å²) >= 11 is 0. The number of benzene rings is 2. The van der Waals surface area contributed by atoms with Crippen molar-refractivity contribution < 1.29 is 27.5 Å². The van der Waals surface area contributed by atoms with Crippen molar-refractivity contribution in [2.24, 2.45) is 11.8 Å². The molecule has 0 aromatic heterocycles. The minimum atomic E-state index is -3.60. The van der Waals surface area contributed by atoms with E-state index in [1.807, 2.05) is 13.8 Å². The Morgan fingerprint density at radius 2 is 1.84 bits per heavy atom. The van der Waals surface area contributed by atoms with Crippen molar-refractivity contribution >= 4 is 33.2 Å². The van der Waals surface area contributed by atoms with Crippen LogP contribution in [-0.2, 0) is 19.6 Å². The molecule has 170 valence electrons. The fourth-order valence-corrected chi connectivity index (χ4v) is 4.72. The molecule has 9 nitrogen and oxygen atoms in total. The van der Waals surface area contributed by atoms with Gasteiger partial charge in [-0.15, -0.1) is 0 Å².